The molecule has 0 bridgehead atoms. The molecule has 2 aliphatic rings. The summed E-state index contributed by atoms with van der Waals surface area (Å²) in [6.45, 7) is -0.290. The number of hydrogen-bond acceptors (Lipinski definition) is 6. The third-order valence-corrected chi connectivity index (χ3v) is 4.24. The molecule has 1 saturated heterocycles. The summed E-state index contributed by atoms with van der Waals surface area (Å²) in [5.74, 6) is -4.17. The molecular weight excluding hydrogens is 319 g/mol. The number of rotatable bonds is 1. The molecule has 11 heteroatoms. The SMILES string of the molecule is [B]C1(O)C(=O)NC(=O)[C@@H](N2Cc3c(N)cc(F)cc3C2=O)C1([B])O. The van der Waals surface area contributed by atoms with Crippen molar-refractivity contribution in [2.45, 2.75) is 23.6 Å². The van der Waals surface area contributed by atoms with Crippen LogP contribution in [-0.4, -0.2) is 65.6 Å². The van der Waals surface area contributed by atoms with Gasteiger partial charge in [0, 0.05) is 23.4 Å². The Morgan fingerprint density at radius 3 is 2.54 bits per heavy atom. The highest BCUT2D eigenvalue weighted by Gasteiger charge is 2.61. The van der Waals surface area contributed by atoms with Crippen LogP contribution in [0, 0.1) is 5.82 Å². The zero-order valence-electron chi connectivity index (χ0n) is 12.1. The number of fused-ring (bicyclic) bond motifs is 1. The van der Waals surface area contributed by atoms with Crippen molar-refractivity contribution in [3.63, 3.8) is 0 Å². The molecule has 5 N–H and O–H groups in total. The number of anilines is 1. The molecule has 1 aromatic rings. The fourth-order valence-corrected chi connectivity index (χ4v) is 2.88. The van der Waals surface area contributed by atoms with E-state index in [4.69, 9.17) is 21.4 Å². The van der Waals surface area contributed by atoms with Gasteiger partial charge < -0.3 is 20.8 Å². The number of amides is 3. The predicted octanol–water partition coefficient (Wildman–Crippen LogP) is -2.90. The van der Waals surface area contributed by atoms with E-state index in [1.807, 2.05) is 0 Å². The van der Waals surface area contributed by atoms with E-state index < -0.39 is 40.6 Å². The Morgan fingerprint density at radius 2 is 1.92 bits per heavy atom. The Labute approximate surface area is 137 Å². The molecule has 0 spiro atoms. The van der Waals surface area contributed by atoms with Gasteiger partial charge in [-0.25, -0.2) is 4.39 Å². The summed E-state index contributed by atoms with van der Waals surface area (Å²) < 4.78 is 13.5. The molecule has 0 aromatic heterocycles. The number of nitrogens with one attached hydrogen (secondary N) is 1. The highest BCUT2D eigenvalue weighted by Crippen LogP contribution is 2.36. The number of carbonyl (C=O) groups excluding carboxylic acids is 3. The van der Waals surface area contributed by atoms with Crippen molar-refractivity contribution in [1.29, 1.82) is 0 Å². The lowest BCUT2D eigenvalue weighted by Crippen LogP contribution is -2.79. The number of nitrogens with zero attached hydrogens (tertiary/aromatic N) is 1. The van der Waals surface area contributed by atoms with E-state index in [0.717, 1.165) is 17.0 Å². The van der Waals surface area contributed by atoms with E-state index >= 15 is 0 Å². The maximum absolute atomic E-state index is 13.5. The molecule has 3 amide bonds. The maximum Gasteiger partial charge on any atom is 0.255 e. The average molecular weight is 329 g/mol. The molecule has 2 heterocycles. The normalized spacial score (nSPS) is 32.7. The minimum atomic E-state index is -3.03. The van der Waals surface area contributed by atoms with E-state index in [-0.39, 0.29) is 23.4 Å². The second-order valence-electron chi connectivity index (χ2n) is 5.77. The van der Waals surface area contributed by atoms with Crippen LogP contribution < -0.4 is 11.1 Å². The van der Waals surface area contributed by atoms with E-state index in [9.17, 15) is 29.0 Å². The second kappa shape index (κ2) is 4.81. The van der Waals surface area contributed by atoms with Gasteiger partial charge in [0.25, 0.3) is 17.7 Å². The van der Waals surface area contributed by atoms with Crippen molar-refractivity contribution in [1.82, 2.24) is 10.2 Å². The van der Waals surface area contributed by atoms with Gasteiger partial charge in [-0.1, -0.05) is 0 Å². The highest BCUT2D eigenvalue weighted by atomic mass is 19.1. The third kappa shape index (κ3) is 1.98. The lowest BCUT2D eigenvalue weighted by Gasteiger charge is -2.49. The number of nitrogens with two attached hydrogens (primary N) is 1. The quantitative estimate of drug-likeness (QED) is 0.248. The van der Waals surface area contributed by atoms with E-state index in [1.165, 1.54) is 0 Å². The van der Waals surface area contributed by atoms with Gasteiger partial charge in [0.15, 0.2) is 0 Å². The molecular formula is C13H10B2FN3O5. The molecule has 0 aliphatic carbocycles. The molecule has 2 unspecified atom stereocenters. The molecule has 3 atom stereocenters. The van der Waals surface area contributed by atoms with Crippen LogP contribution in [0.4, 0.5) is 10.1 Å². The van der Waals surface area contributed by atoms with Crippen LogP contribution in [0.3, 0.4) is 0 Å². The molecule has 1 aromatic carbocycles. The van der Waals surface area contributed by atoms with Crippen molar-refractivity contribution in [3.05, 3.63) is 29.1 Å². The summed E-state index contributed by atoms with van der Waals surface area (Å²) >= 11 is 0. The summed E-state index contributed by atoms with van der Waals surface area (Å²) in [5.41, 5.74) is -0.266. The summed E-state index contributed by atoms with van der Waals surface area (Å²) in [5, 5.41) is 22.0. The molecule has 3 rings (SSSR count). The summed E-state index contributed by atoms with van der Waals surface area (Å²) in [6, 6.07) is 0.0190. The Kier molecular flexibility index (Phi) is 3.30. The van der Waals surface area contributed by atoms with Crippen molar-refractivity contribution < 1.29 is 29.0 Å². The fourth-order valence-electron chi connectivity index (χ4n) is 2.88. The molecule has 4 radical (unpaired) electrons. The first-order valence-electron chi connectivity index (χ1n) is 6.75. The minimum Gasteiger partial charge on any atom is -0.398 e. The van der Waals surface area contributed by atoms with E-state index in [1.54, 1.807) is 5.32 Å². The van der Waals surface area contributed by atoms with Crippen LogP contribution in [0.5, 0.6) is 0 Å². The number of carbonyl (C=O) groups is 3. The van der Waals surface area contributed by atoms with Crippen molar-refractivity contribution in [2.75, 3.05) is 5.73 Å². The number of benzene rings is 1. The summed E-state index contributed by atoms with van der Waals surface area (Å²) in [4.78, 5) is 36.9. The number of hydrogen-bond donors (Lipinski definition) is 4. The highest BCUT2D eigenvalue weighted by molar-refractivity contribution is 6.38. The van der Waals surface area contributed by atoms with E-state index in [0.29, 0.717) is 0 Å². The van der Waals surface area contributed by atoms with Gasteiger partial charge in [0.2, 0.25) is 0 Å². The molecule has 120 valence electrons. The summed E-state index contributed by atoms with van der Waals surface area (Å²) in [7, 11) is 10.8. The Bertz CT molecular complexity index is 798. The van der Waals surface area contributed by atoms with Crippen LogP contribution >= 0.6 is 0 Å². The molecule has 2 aliphatic heterocycles. The predicted molar refractivity (Wildman–Crippen MR) is 79.0 cm³/mol. The van der Waals surface area contributed by atoms with Crippen molar-refractivity contribution in [2.24, 2.45) is 0 Å². The maximum atomic E-state index is 13.5. The van der Waals surface area contributed by atoms with Crippen LogP contribution in [0.2, 0.25) is 0 Å². The molecule has 24 heavy (non-hydrogen) atoms. The van der Waals surface area contributed by atoms with Crippen LogP contribution in [0.15, 0.2) is 12.1 Å². The largest absolute Gasteiger partial charge is 0.398 e. The second-order valence-corrected chi connectivity index (χ2v) is 5.77. The molecule has 8 nitrogen and oxygen atoms in total. The van der Waals surface area contributed by atoms with Gasteiger partial charge in [-0.05, 0) is 12.1 Å². The van der Waals surface area contributed by atoms with Gasteiger partial charge in [-0.3, -0.25) is 19.7 Å². The third-order valence-electron chi connectivity index (χ3n) is 4.24. The summed E-state index contributed by atoms with van der Waals surface area (Å²) in [6.07, 6.45) is 0. The Morgan fingerprint density at radius 1 is 1.29 bits per heavy atom. The zero-order valence-corrected chi connectivity index (χ0v) is 12.1. The van der Waals surface area contributed by atoms with Gasteiger partial charge in [-0.2, -0.15) is 0 Å². The minimum absolute atomic E-state index is 0.0308. The standard InChI is InChI=1S/C13H10B2FN3O5/c14-12(23)8(9(20)18-11(22)13(12,15)24)19-3-6-5(10(19)21)1-4(16)2-7(6)17/h1-2,8,23-24H,3,17H2,(H,18,20,22)/t8-,12?,13?/m1/s1. The number of piperidine rings is 1. The van der Waals surface area contributed by atoms with Gasteiger partial charge in [0.1, 0.15) is 33.1 Å². The first kappa shape index (κ1) is 16.5. The number of aliphatic hydroxyl groups is 2. The van der Waals surface area contributed by atoms with Crippen LogP contribution in [0.1, 0.15) is 15.9 Å². The Balaban J connectivity index is 2.07. The number of halogens is 1. The van der Waals surface area contributed by atoms with Crippen molar-refractivity contribution in [3.8, 4) is 0 Å². The fraction of sp³-hybridized carbons (Fsp3) is 0.308. The van der Waals surface area contributed by atoms with Crippen LogP contribution in [-0.2, 0) is 16.1 Å². The monoisotopic (exact) mass is 329 g/mol. The lowest BCUT2D eigenvalue weighted by molar-refractivity contribution is -0.167. The first-order valence-corrected chi connectivity index (χ1v) is 6.75. The number of imide groups is 1. The van der Waals surface area contributed by atoms with Gasteiger partial charge >= 0.3 is 0 Å². The first-order chi connectivity index (χ1) is 11.0. The smallest absolute Gasteiger partial charge is 0.255 e. The van der Waals surface area contributed by atoms with Crippen LogP contribution in [0.25, 0.3) is 0 Å². The van der Waals surface area contributed by atoms with Gasteiger partial charge in [0.05, 0.1) is 5.50 Å². The van der Waals surface area contributed by atoms with Gasteiger partial charge in [-0.15, -0.1) is 0 Å². The number of nitrogen functional groups attached to an aromatic ring is 1. The van der Waals surface area contributed by atoms with E-state index in [2.05, 4.69) is 0 Å². The lowest BCUT2D eigenvalue weighted by atomic mass is 9.53. The molecule has 0 saturated carbocycles. The molecule has 1 fully saturated rings. The zero-order chi connectivity index (χ0) is 18.0. The van der Waals surface area contributed by atoms with Crippen molar-refractivity contribution >= 4 is 39.1 Å². The Hall–Kier alpha value is -2.39. The topological polar surface area (TPSA) is 133 Å². The average Bonchev–Trinajstić information content (AvgIpc) is 2.75.